The van der Waals surface area contributed by atoms with Gasteiger partial charge in [0.2, 0.25) is 0 Å². The van der Waals surface area contributed by atoms with Gasteiger partial charge in [-0.3, -0.25) is 0 Å². The first kappa shape index (κ1) is 10.7. The van der Waals surface area contributed by atoms with Crippen LogP contribution in [0, 0.1) is 0 Å². The van der Waals surface area contributed by atoms with E-state index in [-0.39, 0.29) is 5.54 Å². The van der Waals surface area contributed by atoms with Gasteiger partial charge in [0, 0.05) is 5.54 Å². The molecule has 1 aromatic heterocycles. The summed E-state index contributed by atoms with van der Waals surface area (Å²) in [5.41, 5.74) is 1.32. The Bertz CT molecular complexity index is 315. The number of nitrogens with one attached hydrogen (secondary N) is 1. The van der Waals surface area contributed by atoms with E-state index in [2.05, 4.69) is 17.2 Å². The van der Waals surface area contributed by atoms with Crippen molar-refractivity contribution in [2.75, 3.05) is 5.32 Å². The summed E-state index contributed by atoms with van der Waals surface area (Å²) >= 11 is 5.75. The smallest absolute Gasteiger partial charge is 0.129 e. The van der Waals surface area contributed by atoms with Crippen molar-refractivity contribution in [2.45, 2.75) is 44.6 Å². The van der Waals surface area contributed by atoms with Gasteiger partial charge in [0.25, 0.3) is 0 Å². The molecule has 1 saturated carbocycles. The molecule has 0 aliphatic heterocycles. The van der Waals surface area contributed by atoms with Crippen LogP contribution in [0.4, 0.5) is 5.69 Å². The second-order valence-corrected chi connectivity index (χ2v) is 5.00. The van der Waals surface area contributed by atoms with Crippen LogP contribution in [0.2, 0.25) is 5.15 Å². The number of pyridine rings is 1. The SMILES string of the molecule is CC1(Nc2ccc(Cl)nc2)CCCCC1. The van der Waals surface area contributed by atoms with Crippen LogP contribution in [0.15, 0.2) is 18.3 Å². The Morgan fingerprint density at radius 1 is 1.27 bits per heavy atom. The third-order valence-corrected chi connectivity index (χ3v) is 3.35. The molecular formula is C12H17ClN2. The maximum absolute atomic E-state index is 5.75. The third kappa shape index (κ3) is 2.85. The number of aromatic nitrogens is 1. The molecule has 0 unspecified atom stereocenters. The maximum Gasteiger partial charge on any atom is 0.129 e. The van der Waals surface area contributed by atoms with E-state index in [1.54, 1.807) is 0 Å². The first-order valence-electron chi connectivity index (χ1n) is 5.58. The van der Waals surface area contributed by atoms with E-state index in [1.807, 2.05) is 18.3 Å². The molecule has 1 heterocycles. The molecule has 1 N–H and O–H groups in total. The number of nitrogens with zero attached hydrogens (tertiary/aromatic N) is 1. The van der Waals surface area contributed by atoms with Gasteiger partial charge in [0.15, 0.2) is 0 Å². The van der Waals surface area contributed by atoms with Crippen molar-refractivity contribution in [3.63, 3.8) is 0 Å². The fraction of sp³-hybridized carbons (Fsp3) is 0.583. The highest BCUT2D eigenvalue weighted by Gasteiger charge is 2.26. The first-order valence-corrected chi connectivity index (χ1v) is 5.96. The largest absolute Gasteiger partial charge is 0.379 e. The van der Waals surface area contributed by atoms with Gasteiger partial charge in [-0.2, -0.15) is 0 Å². The van der Waals surface area contributed by atoms with Crippen molar-refractivity contribution < 1.29 is 0 Å². The predicted octanol–water partition coefficient (Wildman–Crippen LogP) is 3.87. The van der Waals surface area contributed by atoms with Gasteiger partial charge in [-0.05, 0) is 31.9 Å². The molecule has 0 saturated heterocycles. The highest BCUT2D eigenvalue weighted by atomic mass is 35.5. The van der Waals surface area contributed by atoms with E-state index in [9.17, 15) is 0 Å². The minimum absolute atomic E-state index is 0.244. The second-order valence-electron chi connectivity index (χ2n) is 4.62. The van der Waals surface area contributed by atoms with Crippen molar-refractivity contribution in [3.05, 3.63) is 23.5 Å². The van der Waals surface area contributed by atoms with Crippen LogP contribution in [0.3, 0.4) is 0 Å². The Morgan fingerprint density at radius 2 is 2.00 bits per heavy atom. The average Bonchev–Trinajstić information content (AvgIpc) is 2.22. The molecule has 1 aliphatic rings. The molecule has 2 rings (SSSR count). The van der Waals surface area contributed by atoms with Crippen molar-refractivity contribution in [1.29, 1.82) is 0 Å². The summed E-state index contributed by atoms with van der Waals surface area (Å²) in [7, 11) is 0. The van der Waals surface area contributed by atoms with Crippen molar-refractivity contribution in [3.8, 4) is 0 Å². The van der Waals surface area contributed by atoms with Crippen molar-refractivity contribution in [1.82, 2.24) is 4.98 Å². The van der Waals surface area contributed by atoms with E-state index in [1.165, 1.54) is 32.1 Å². The molecule has 1 aromatic rings. The molecule has 0 aromatic carbocycles. The molecule has 0 amide bonds. The normalized spacial score (nSPS) is 19.9. The Balaban J connectivity index is 2.03. The number of hydrogen-bond acceptors (Lipinski definition) is 2. The molecule has 2 nitrogen and oxygen atoms in total. The van der Waals surface area contributed by atoms with E-state index >= 15 is 0 Å². The van der Waals surface area contributed by atoms with Gasteiger partial charge < -0.3 is 5.32 Å². The number of halogens is 1. The maximum atomic E-state index is 5.75. The number of anilines is 1. The van der Waals surface area contributed by atoms with E-state index in [4.69, 9.17) is 11.6 Å². The highest BCUT2D eigenvalue weighted by molar-refractivity contribution is 6.29. The molecule has 0 bridgehead atoms. The van der Waals surface area contributed by atoms with Crippen LogP contribution >= 0.6 is 11.6 Å². The zero-order valence-corrected chi connectivity index (χ0v) is 9.85. The number of rotatable bonds is 2. The summed E-state index contributed by atoms with van der Waals surface area (Å²) in [5.74, 6) is 0. The van der Waals surface area contributed by atoms with Crippen LogP contribution in [0.1, 0.15) is 39.0 Å². The summed E-state index contributed by atoms with van der Waals surface area (Å²) in [4.78, 5) is 4.08. The Hall–Kier alpha value is -0.760. The van der Waals surface area contributed by atoms with Crippen molar-refractivity contribution >= 4 is 17.3 Å². The Labute approximate surface area is 96.1 Å². The molecule has 1 fully saturated rings. The third-order valence-electron chi connectivity index (χ3n) is 3.13. The minimum Gasteiger partial charge on any atom is -0.379 e. The monoisotopic (exact) mass is 224 g/mol. The summed E-state index contributed by atoms with van der Waals surface area (Å²) in [6.45, 7) is 2.29. The molecule has 3 heteroatoms. The van der Waals surface area contributed by atoms with Gasteiger partial charge >= 0.3 is 0 Å². The van der Waals surface area contributed by atoms with Gasteiger partial charge in [-0.15, -0.1) is 0 Å². The molecule has 15 heavy (non-hydrogen) atoms. The van der Waals surface area contributed by atoms with Crippen LogP contribution in [0.25, 0.3) is 0 Å². The minimum atomic E-state index is 0.244. The van der Waals surface area contributed by atoms with Gasteiger partial charge in [-0.1, -0.05) is 30.9 Å². The predicted molar refractivity (Wildman–Crippen MR) is 64.4 cm³/mol. The fourth-order valence-electron chi connectivity index (χ4n) is 2.26. The highest BCUT2D eigenvalue weighted by Crippen LogP contribution is 2.31. The lowest BCUT2D eigenvalue weighted by atomic mass is 9.83. The standard InChI is InChI=1S/C12H17ClN2/c1-12(7-3-2-4-8-12)15-10-5-6-11(13)14-9-10/h5-6,9,15H,2-4,7-8H2,1H3. The van der Waals surface area contributed by atoms with E-state index in [0.717, 1.165) is 5.69 Å². The summed E-state index contributed by atoms with van der Waals surface area (Å²) in [6, 6.07) is 3.82. The molecule has 1 aliphatic carbocycles. The summed E-state index contributed by atoms with van der Waals surface area (Å²) < 4.78 is 0. The lowest BCUT2D eigenvalue weighted by molar-refractivity contribution is 0.349. The van der Waals surface area contributed by atoms with Crippen LogP contribution < -0.4 is 5.32 Å². The summed E-state index contributed by atoms with van der Waals surface area (Å²) in [5, 5.41) is 4.11. The topological polar surface area (TPSA) is 24.9 Å². The zero-order chi connectivity index (χ0) is 10.7. The Kier molecular flexibility index (Phi) is 3.15. The van der Waals surface area contributed by atoms with Crippen LogP contribution in [-0.4, -0.2) is 10.5 Å². The van der Waals surface area contributed by atoms with Gasteiger partial charge in [-0.25, -0.2) is 4.98 Å². The quantitative estimate of drug-likeness (QED) is 0.772. The fourth-order valence-corrected chi connectivity index (χ4v) is 2.37. The molecule has 0 atom stereocenters. The lowest BCUT2D eigenvalue weighted by Gasteiger charge is -2.35. The Morgan fingerprint density at radius 3 is 2.60 bits per heavy atom. The molecule has 0 spiro atoms. The lowest BCUT2D eigenvalue weighted by Crippen LogP contribution is -2.36. The summed E-state index contributed by atoms with van der Waals surface area (Å²) in [6.07, 6.45) is 8.32. The first-order chi connectivity index (χ1) is 7.18. The molecule has 82 valence electrons. The van der Waals surface area contributed by atoms with Gasteiger partial charge in [0.1, 0.15) is 5.15 Å². The average molecular weight is 225 g/mol. The second kappa shape index (κ2) is 4.40. The molecule has 0 radical (unpaired) electrons. The van der Waals surface area contributed by atoms with E-state index < -0.39 is 0 Å². The van der Waals surface area contributed by atoms with Crippen molar-refractivity contribution in [2.24, 2.45) is 0 Å². The van der Waals surface area contributed by atoms with Crippen LogP contribution in [0.5, 0.6) is 0 Å². The number of hydrogen-bond donors (Lipinski definition) is 1. The van der Waals surface area contributed by atoms with E-state index in [0.29, 0.717) is 5.15 Å². The zero-order valence-electron chi connectivity index (χ0n) is 9.09. The van der Waals surface area contributed by atoms with Gasteiger partial charge in [0.05, 0.1) is 11.9 Å². The van der Waals surface area contributed by atoms with Crippen LogP contribution in [-0.2, 0) is 0 Å². The molecular weight excluding hydrogens is 208 g/mol.